The summed E-state index contributed by atoms with van der Waals surface area (Å²) in [6, 6.07) is 13.9. The van der Waals surface area contributed by atoms with Gasteiger partial charge >= 0.3 is 5.63 Å². The first-order valence-electron chi connectivity index (χ1n) is 5.71. The number of phenolic OH excluding ortho intramolecular Hbond substituents is 1. The maximum atomic E-state index is 12.1. The molecule has 6 heteroatoms. The fraction of sp³-hybridized carbons (Fsp3) is 0. The van der Waals surface area contributed by atoms with Crippen LogP contribution < -0.4 is 5.63 Å². The largest absolute Gasteiger partial charge is 0.507 e. The first kappa shape index (κ1) is 17.9. The van der Waals surface area contributed by atoms with Gasteiger partial charge in [0.15, 0.2) is 0 Å². The van der Waals surface area contributed by atoms with E-state index >= 15 is 0 Å². The van der Waals surface area contributed by atoms with Gasteiger partial charge in [-0.3, -0.25) is 0 Å². The third-order valence-corrected chi connectivity index (χ3v) is 3.39. The van der Waals surface area contributed by atoms with Crippen LogP contribution in [-0.4, -0.2) is 23.1 Å². The molecule has 3 aromatic rings. The minimum absolute atomic E-state index is 0. The predicted molar refractivity (Wildman–Crippen MR) is 82.6 cm³/mol. The molecule has 21 heavy (non-hydrogen) atoms. The molecular weight excluding hydrogens is 399 g/mol. The summed E-state index contributed by atoms with van der Waals surface area (Å²) < 4.78 is 5.24. The van der Waals surface area contributed by atoms with E-state index in [0.717, 1.165) is 0 Å². The van der Waals surface area contributed by atoms with Crippen LogP contribution in [0.2, 0.25) is 0 Å². The summed E-state index contributed by atoms with van der Waals surface area (Å²) in [7, 11) is 0. The van der Waals surface area contributed by atoms with Crippen molar-refractivity contribution in [1.82, 2.24) is 0 Å². The van der Waals surface area contributed by atoms with Gasteiger partial charge in [-0.15, -0.1) is 12.6 Å². The minimum atomic E-state index is -0.464. The number of thiol groups is 1. The van der Waals surface area contributed by atoms with Gasteiger partial charge in [-0.25, -0.2) is 4.79 Å². The number of hydrogen-bond donors (Lipinski definition) is 2. The molecule has 3 nitrogen and oxygen atoms in total. The van der Waals surface area contributed by atoms with Crippen LogP contribution in [0.25, 0.3) is 22.1 Å². The van der Waals surface area contributed by atoms with E-state index < -0.39 is 5.63 Å². The number of hydrogen-bond acceptors (Lipinski definition) is 4. The molecule has 0 spiro atoms. The molecule has 0 fully saturated rings. The van der Waals surface area contributed by atoms with E-state index in [-0.39, 0.29) is 40.8 Å². The molecule has 2 aromatic carbocycles. The molecule has 1 N–H and O–H groups in total. The zero-order valence-electron chi connectivity index (χ0n) is 10.6. The fourth-order valence-corrected chi connectivity index (χ4v) is 2.52. The zero-order chi connectivity index (χ0) is 13.4. The van der Waals surface area contributed by atoms with Crippen molar-refractivity contribution in [2.75, 3.05) is 0 Å². The Balaban J connectivity index is 0.00000110. The summed E-state index contributed by atoms with van der Waals surface area (Å²) in [4.78, 5) is 12.5. The molecule has 0 aliphatic rings. The van der Waals surface area contributed by atoms with E-state index in [9.17, 15) is 9.90 Å². The van der Waals surface area contributed by atoms with E-state index in [1.54, 1.807) is 24.3 Å². The van der Waals surface area contributed by atoms with Crippen LogP contribution in [0, 0.1) is 0 Å². The number of benzene rings is 2. The van der Waals surface area contributed by atoms with Crippen LogP contribution in [0.15, 0.2) is 62.6 Å². The second-order valence-corrected chi connectivity index (χ2v) is 4.58. The number of phenols is 1. The summed E-state index contributed by atoms with van der Waals surface area (Å²) in [5, 5.41) is 10.4. The minimum Gasteiger partial charge on any atom is -0.507 e. The van der Waals surface area contributed by atoms with Crippen LogP contribution in [-0.2, 0) is 17.1 Å². The molecule has 0 atom stereocenters. The third kappa shape index (κ3) is 3.22. The van der Waals surface area contributed by atoms with E-state index in [1.807, 2.05) is 18.2 Å². The summed E-state index contributed by atoms with van der Waals surface area (Å²) in [6.07, 6.45) is 0. The average Bonchev–Trinajstić information content (AvgIpc) is 2.39. The Morgan fingerprint density at radius 3 is 2.33 bits per heavy atom. The van der Waals surface area contributed by atoms with Gasteiger partial charge in [0.25, 0.3) is 0 Å². The van der Waals surface area contributed by atoms with Crippen LogP contribution >= 0.6 is 12.6 Å². The van der Waals surface area contributed by atoms with E-state index in [2.05, 4.69) is 12.6 Å². The van der Waals surface area contributed by atoms with Crippen molar-refractivity contribution in [3.63, 3.8) is 0 Å². The van der Waals surface area contributed by atoms with E-state index in [1.165, 1.54) is 6.07 Å². The van der Waals surface area contributed by atoms with Gasteiger partial charge < -0.3 is 9.52 Å². The van der Waals surface area contributed by atoms with Crippen molar-refractivity contribution >= 4 is 41.6 Å². The summed E-state index contributed by atoms with van der Waals surface area (Å²) >= 11 is 4.39. The zero-order valence-corrected chi connectivity index (χ0v) is 14.3. The molecule has 110 valence electrons. The van der Waals surface area contributed by atoms with Crippen molar-refractivity contribution in [3.05, 3.63) is 59.0 Å². The Kier molecular flexibility index (Phi) is 6.18. The van der Waals surface area contributed by atoms with Crippen molar-refractivity contribution in [1.29, 1.82) is 0 Å². The molecule has 0 bridgehead atoms. The van der Waals surface area contributed by atoms with Crippen molar-refractivity contribution in [2.24, 2.45) is 0 Å². The van der Waals surface area contributed by atoms with Crippen molar-refractivity contribution < 1.29 is 26.6 Å². The molecular formula is C15H10AsCuO3S. The SMILES string of the molecule is O=c1oc2cccc(O)c2c(S)c1-c1ccccc1.[As].[Cu]. The second kappa shape index (κ2) is 7.24. The summed E-state index contributed by atoms with van der Waals surface area (Å²) in [5.41, 5.74) is 0.938. The molecule has 1 heterocycles. The topological polar surface area (TPSA) is 50.4 Å². The predicted octanol–water partition coefficient (Wildman–Crippen LogP) is 3.07. The van der Waals surface area contributed by atoms with Crippen LogP contribution in [0.4, 0.5) is 0 Å². The molecule has 0 aliphatic heterocycles. The molecule has 0 saturated heterocycles. The number of fused-ring (bicyclic) bond motifs is 1. The molecule has 0 saturated carbocycles. The van der Waals surface area contributed by atoms with Crippen molar-refractivity contribution in [2.45, 2.75) is 4.90 Å². The van der Waals surface area contributed by atoms with Crippen LogP contribution in [0.1, 0.15) is 0 Å². The third-order valence-electron chi connectivity index (χ3n) is 2.95. The molecule has 0 amide bonds. The van der Waals surface area contributed by atoms with Gasteiger partial charge in [0.05, 0.1) is 10.9 Å². The first-order valence-corrected chi connectivity index (χ1v) is 6.16. The van der Waals surface area contributed by atoms with Gasteiger partial charge in [-0.1, -0.05) is 36.4 Å². The molecule has 0 aliphatic carbocycles. The Morgan fingerprint density at radius 2 is 1.67 bits per heavy atom. The Morgan fingerprint density at radius 1 is 1.00 bits per heavy atom. The van der Waals surface area contributed by atoms with E-state index in [4.69, 9.17) is 4.42 Å². The van der Waals surface area contributed by atoms with Gasteiger partial charge in [0.2, 0.25) is 0 Å². The Bertz CT molecular complexity index is 818. The van der Waals surface area contributed by atoms with Crippen LogP contribution in [0.5, 0.6) is 5.75 Å². The van der Waals surface area contributed by atoms with E-state index in [0.29, 0.717) is 27.0 Å². The van der Waals surface area contributed by atoms with Gasteiger partial charge in [-0.2, -0.15) is 0 Å². The van der Waals surface area contributed by atoms with Crippen molar-refractivity contribution in [3.8, 4) is 16.9 Å². The second-order valence-electron chi connectivity index (χ2n) is 4.13. The number of rotatable bonds is 1. The fourth-order valence-electron chi connectivity index (χ4n) is 2.07. The number of aromatic hydroxyl groups is 1. The molecule has 0 unspecified atom stereocenters. The average molecular weight is 409 g/mol. The summed E-state index contributed by atoms with van der Waals surface area (Å²) in [5.74, 6) is 0.0448. The Hall–Kier alpha value is -1.12. The maximum absolute atomic E-state index is 12.1. The van der Waals surface area contributed by atoms with Crippen LogP contribution in [0.3, 0.4) is 0 Å². The monoisotopic (exact) mass is 408 g/mol. The molecule has 1 aromatic heterocycles. The maximum Gasteiger partial charge on any atom is 0.345 e. The smallest absolute Gasteiger partial charge is 0.345 e. The van der Waals surface area contributed by atoms with Gasteiger partial charge in [0.1, 0.15) is 11.3 Å². The first-order chi connectivity index (χ1) is 9.18. The quantitative estimate of drug-likeness (QED) is 0.370. The molecule has 3 rings (SSSR count). The van der Waals surface area contributed by atoms with Gasteiger partial charge in [0, 0.05) is 39.9 Å². The normalized spacial score (nSPS) is 9.76. The molecule has 4 radical (unpaired) electrons. The Labute approximate surface area is 148 Å². The standard InChI is InChI=1S/C15H10O3S.As.Cu/c16-10-7-4-8-11-13(10)14(19)12(15(17)18-11)9-5-2-1-3-6-9;;/h1-8,16,19H;;. The summed E-state index contributed by atoms with van der Waals surface area (Å²) in [6.45, 7) is 0. The van der Waals surface area contributed by atoms with Gasteiger partial charge in [-0.05, 0) is 17.7 Å².